The van der Waals surface area contributed by atoms with Crippen molar-refractivity contribution in [2.45, 2.75) is 39.2 Å². The van der Waals surface area contributed by atoms with Gasteiger partial charge in [-0.25, -0.2) is 9.59 Å². The Bertz CT molecular complexity index is 424. The fraction of sp³-hybridized carbons (Fsp3) is 0.615. The lowest BCUT2D eigenvalue weighted by Crippen LogP contribution is -2.41. The van der Waals surface area contributed by atoms with Crippen LogP contribution in [0.15, 0.2) is 11.1 Å². The van der Waals surface area contributed by atoms with E-state index >= 15 is 0 Å². The number of carbonyl (C=O) groups excluding carboxylic acids is 2. The monoisotopic (exact) mass is 284 g/mol. The zero-order valence-electron chi connectivity index (χ0n) is 11.7. The number of imide groups is 1. The molecule has 3 N–H and O–H groups in total. The summed E-state index contributed by atoms with van der Waals surface area (Å²) in [7, 11) is 0. The van der Waals surface area contributed by atoms with Gasteiger partial charge in [0.25, 0.3) is 5.91 Å². The minimum Gasteiger partial charge on any atom is -0.478 e. The summed E-state index contributed by atoms with van der Waals surface area (Å²) < 4.78 is 5.40. The number of ether oxygens (including phenoxy) is 1. The lowest BCUT2D eigenvalue weighted by atomic mass is 10.1. The predicted octanol–water partition coefficient (Wildman–Crippen LogP) is 0.802. The van der Waals surface area contributed by atoms with Gasteiger partial charge in [-0.05, 0) is 33.1 Å². The molecule has 0 aromatic heterocycles. The molecule has 1 heterocycles. The highest BCUT2D eigenvalue weighted by molar-refractivity contribution is 6.07. The van der Waals surface area contributed by atoms with Crippen molar-refractivity contribution in [1.29, 1.82) is 0 Å². The molecule has 0 aromatic carbocycles. The van der Waals surface area contributed by atoms with Crippen LogP contribution in [0, 0.1) is 0 Å². The number of urea groups is 1. The fourth-order valence-electron chi connectivity index (χ4n) is 1.79. The fourth-order valence-corrected chi connectivity index (χ4v) is 1.79. The standard InChI is InChI=1S/C13H20N2O5/c1-8(9(2)12(17)18)11(16)15-13(19)14-6-5-10-4-3-7-20-10/h10H,3-7H2,1-2H3,(H,17,18)(H2,14,15,16,19). The van der Waals surface area contributed by atoms with E-state index in [1.165, 1.54) is 13.8 Å². The lowest BCUT2D eigenvalue weighted by molar-refractivity contribution is -0.133. The van der Waals surface area contributed by atoms with E-state index in [0.717, 1.165) is 19.4 Å². The Kier molecular flexibility index (Phi) is 6.17. The molecule has 3 amide bonds. The number of hydrogen-bond donors (Lipinski definition) is 3. The van der Waals surface area contributed by atoms with Gasteiger partial charge in [-0.3, -0.25) is 10.1 Å². The van der Waals surface area contributed by atoms with Gasteiger partial charge in [-0.1, -0.05) is 0 Å². The summed E-state index contributed by atoms with van der Waals surface area (Å²) >= 11 is 0. The van der Waals surface area contributed by atoms with Crippen LogP contribution in [-0.2, 0) is 14.3 Å². The van der Waals surface area contributed by atoms with Crippen LogP contribution < -0.4 is 10.6 Å². The Morgan fingerprint density at radius 1 is 1.25 bits per heavy atom. The third-order valence-electron chi connectivity index (χ3n) is 3.23. The first kappa shape index (κ1) is 16.2. The maximum Gasteiger partial charge on any atom is 0.331 e. The molecule has 1 unspecified atom stereocenters. The van der Waals surface area contributed by atoms with Crippen molar-refractivity contribution in [3.05, 3.63) is 11.1 Å². The summed E-state index contributed by atoms with van der Waals surface area (Å²) in [4.78, 5) is 33.8. The van der Waals surface area contributed by atoms with Gasteiger partial charge >= 0.3 is 12.0 Å². The van der Waals surface area contributed by atoms with Crippen LogP contribution in [-0.4, -0.2) is 42.3 Å². The molecule has 1 aliphatic heterocycles. The van der Waals surface area contributed by atoms with Crippen LogP contribution in [0.2, 0.25) is 0 Å². The second-order valence-electron chi connectivity index (χ2n) is 4.69. The van der Waals surface area contributed by atoms with Crippen LogP contribution >= 0.6 is 0 Å². The molecule has 0 aromatic rings. The number of nitrogens with one attached hydrogen (secondary N) is 2. The van der Waals surface area contributed by atoms with Crippen LogP contribution in [0.5, 0.6) is 0 Å². The van der Waals surface area contributed by atoms with Crippen LogP contribution in [0.4, 0.5) is 4.79 Å². The maximum absolute atomic E-state index is 11.6. The zero-order valence-corrected chi connectivity index (χ0v) is 11.7. The first-order chi connectivity index (χ1) is 9.41. The molecule has 0 aliphatic carbocycles. The minimum atomic E-state index is -1.18. The van der Waals surface area contributed by atoms with Gasteiger partial charge in [0.15, 0.2) is 0 Å². The SMILES string of the molecule is CC(C(=O)O)=C(C)C(=O)NC(=O)NCCC1CCCO1. The minimum absolute atomic E-state index is 0.00627. The summed E-state index contributed by atoms with van der Waals surface area (Å²) in [5.41, 5.74) is -0.0820. The third-order valence-corrected chi connectivity index (χ3v) is 3.23. The number of carbonyl (C=O) groups is 3. The van der Waals surface area contributed by atoms with Gasteiger partial charge < -0.3 is 15.2 Å². The number of carboxylic acids is 1. The van der Waals surface area contributed by atoms with E-state index in [9.17, 15) is 14.4 Å². The Hall–Kier alpha value is -1.89. The quantitative estimate of drug-likeness (QED) is 0.648. The highest BCUT2D eigenvalue weighted by atomic mass is 16.5. The summed E-state index contributed by atoms with van der Waals surface area (Å²) in [5, 5.41) is 13.4. The first-order valence-corrected chi connectivity index (χ1v) is 6.53. The van der Waals surface area contributed by atoms with Gasteiger partial charge in [-0.2, -0.15) is 0 Å². The topological polar surface area (TPSA) is 105 Å². The van der Waals surface area contributed by atoms with Gasteiger partial charge in [0.1, 0.15) is 0 Å². The molecule has 1 fully saturated rings. The summed E-state index contributed by atoms with van der Waals surface area (Å²) in [6.07, 6.45) is 2.89. The molecule has 20 heavy (non-hydrogen) atoms. The summed E-state index contributed by atoms with van der Waals surface area (Å²) in [6, 6.07) is -0.634. The molecule has 0 saturated carbocycles. The number of amides is 3. The molecular weight excluding hydrogens is 264 g/mol. The van der Waals surface area contributed by atoms with Crippen molar-refractivity contribution < 1.29 is 24.2 Å². The van der Waals surface area contributed by atoms with Crippen LogP contribution in [0.1, 0.15) is 33.1 Å². The van der Waals surface area contributed by atoms with Crippen LogP contribution in [0.3, 0.4) is 0 Å². The van der Waals surface area contributed by atoms with Gasteiger partial charge in [-0.15, -0.1) is 0 Å². The highest BCUT2D eigenvalue weighted by Crippen LogP contribution is 2.14. The van der Waals surface area contributed by atoms with Crippen molar-refractivity contribution in [2.75, 3.05) is 13.2 Å². The van der Waals surface area contributed by atoms with Crippen molar-refractivity contribution in [2.24, 2.45) is 0 Å². The van der Waals surface area contributed by atoms with Gasteiger partial charge in [0, 0.05) is 24.3 Å². The normalized spacial score (nSPS) is 19.2. The zero-order chi connectivity index (χ0) is 15.1. The van der Waals surface area contributed by atoms with Gasteiger partial charge in [0.05, 0.1) is 6.10 Å². The number of hydrogen-bond acceptors (Lipinski definition) is 4. The Labute approximate surface area is 117 Å². The Morgan fingerprint density at radius 2 is 1.95 bits per heavy atom. The average Bonchev–Trinajstić information content (AvgIpc) is 2.89. The van der Waals surface area contributed by atoms with E-state index < -0.39 is 17.9 Å². The number of aliphatic carboxylic acids is 1. The average molecular weight is 284 g/mol. The molecular formula is C13H20N2O5. The van der Waals surface area contributed by atoms with Gasteiger partial charge in [0.2, 0.25) is 0 Å². The smallest absolute Gasteiger partial charge is 0.331 e. The molecule has 1 atom stereocenters. The summed E-state index contributed by atoms with van der Waals surface area (Å²) in [5.74, 6) is -1.89. The molecule has 112 valence electrons. The molecule has 1 aliphatic rings. The lowest BCUT2D eigenvalue weighted by Gasteiger charge is -2.11. The van der Waals surface area contributed by atoms with E-state index in [1.807, 2.05) is 0 Å². The second-order valence-corrected chi connectivity index (χ2v) is 4.69. The molecule has 0 spiro atoms. The number of rotatable bonds is 5. The maximum atomic E-state index is 11.6. The highest BCUT2D eigenvalue weighted by Gasteiger charge is 2.17. The van der Waals surface area contributed by atoms with Crippen molar-refractivity contribution in [3.63, 3.8) is 0 Å². The summed E-state index contributed by atoms with van der Waals surface area (Å²) in [6.45, 7) is 3.84. The Balaban J connectivity index is 2.32. The van der Waals surface area contributed by atoms with Crippen LogP contribution in [0.25, 0.3) is 0 Å². The van der Waals surface area contributed by atoms with Crippen molar-refractivity contribution in [3.8, 4) is 0 Å². The van der Waals surface area contributed by atoms with E-state index in [2.05, 4.69) is 10.6 Å². The predicted molar refractivity (Wildman–Crippen MR) is 71.1 cm³/mol. The van der Waals surface area contributed by atoms with Crippen molar-refractivity contribution in [1.82, 2.24) is 10.6 Å². The van der Waals surface area contributed by atoms with E-state index in [4.69, 9.17) is 9.84 Å². The molecule has 0 bridgehead atoms. The Morgan fingerprint density at radius 3 is 2.50 bits per heavy atom. The molecule has 7 nitrogen and oxygen atoms in total. The molecule has 0 radical (unpaired) electrons. The largest absolute Gasteiger partial charge is 0.478 e. The van der Waals surface area contributed by atoms with Crippen molar-refractivity contribution >= 4 is 17.9 Å². The first-order valence-electron chi connectivity index (χ1n) is 6.53. The van der Waals surface area contributed by atoms with E-state index in [-0.39, 0.29) is 17.3 Å². The second kappa shape index (κ2) is 7.64. The molecule has 7 heteroatoms. The van der Waals surface area contributed by atoms with E-state index in [1.54, 1.807) is 0 Å². The molecule has 1 rings (SSSR count). The number of carboxylic acid groups (broad SMARTS) is 1. The van der Waals surface area contributed by atoms with E-state index in [0.29, 0.717) is 13.0 Å². The molecule has 1 saturated heterocycles. The third kappa shape index (κ3) is 5.00.